The molecule has 1 fully saturated rings. The molecule has 0 spiro atoms. The minimum absolute atomic E-state index is 0.827. The predicted molar refractivity (Wildman–Crippen MR) is 112 cm³/mol. The average Bonchev–Trinajstić information content (AvgIpc) is 3.37. The number of anilines is 2. The fourth-order valence-corrected chi connectivity index (χ4v) is 4.69. The molecule has 0 bridgehead atoms. The molecule has 9 heteroatoms. The number of rotatable bonds is 4. The first-order chi connectivity index (χ1) is 13.8. The molecule has 1 aliphatic rings. The van der Waals surface area contributed by atoms with Crippen LogP contribution in [0.4, 0.5) is 10.9 Å². The molecule has 4 heterocycles. The van der Waals surface area contributed by atoms with Crippen LogP contribution < -0.4 is 14.5 Å². The van der Waals surface area contributed by atoms with Crippen molar-refractivity contribution in [1.82, 2.24) is 24.5 Å². The first kappa shape index (κ1) is 17.2. The average molecular weight is 395 g/mol. The van der Waals surface area contributed by atoms with Crippen LogP contribution in [0.5, 0.6) is 5.75 Å². The number of imidazole rings is 1. The molecule has 0 radical (unpaired) electrons. The van der Waals surface area contributed by atoms with E-state index in [2.05, 4.69) is 37.7 Å². The van der Waals surface area contributed by atoms with Gasteiger partial charge in [0, 0.05) is 32.7 Å². The van der Waals surface area contributed by atoms with Crippen LogP contribution in [0.3, 0.4) is 0 Å². The summed E-state index contributed by atoms with van der Waals surface area (Å²) in [5.41, 5.74) is 2.71. The summed E-state index contributed by atoms with van der Waals surface area (Å²) in [5, 5.41) is 1.04. The van der Waals surface area contributed by atoms with Crippen molar-refractivity contribution in [2.75, 3.05) is 43.1 Å². The molecule has 3 aromatic heterocycles. The SMILES string of the molecule is CCn1cnc2c(N3CCN(c4nc5c(OC)cccc5s4)CC3)ncnc21. The number of para-hydroxylation sites is 1. The van der Waals surface area contributed by atoms with Gasteiger partial charge < -0.3 is 19.1 Å². The van der Waals surface area contributed by atoms with E-state index in [1.54, 1.807) is 24.8 Å². The summed E-state index contributed by atoms with van der Waals surface area (Å²) in [6, 6.07) is 6.06. The van der Waals surface area contributed by atoms with E-state index in [1.165, 1.54) is 0 Å². The topological polar surface area (TPSA) is 72.2 Å². The largest absolute Gasteiger partial charge is 0.494 e. The van der Waals surface area contributed by atoms with E-state index >= 15 is 0 Å². The van der Waals surface area contributed by atoms with Crippen molar-refractivity contribution in [2.24, 2.45) is 0 Å². The molecule has 144 valence electrons. The van der Waals surface area contributed by atoms with Crippen molar-refractivity contribution in [3.05, 3.63) is 30.9 Å². The summed E-state index contributed by atoms with van der Waals surface area (Å²) in [6.45, 7) is 6.47. The Bertz CT molecular complexity index is 1130. The van der Waals surface area contributed by atoms with Crippen molar-refractivity contribution in [1.29, 1.82) is 0 Å². The van der Waals surface area contributed by atoms with E-state index in [9.17, 15) is 0 Å². The molecule has 4 aromatic rings. The molecule has 1 aliphatic heterocycles. The Balaban J connectivity index is 1.38. The molecule has 0 saturated carbocycles. The predicted octanol–water partition coefficient (Wildman–Crippen LogP) is 2.79. The third-order valence-electron chi connectivity index (χ3n) is 5.16. The quantitative estimate of drug-likeness (QED) is 0.526. The van der Waals surface area contributed by atoms with Gasteiger partial charge in [-0.15, -0.1) is 0 Å². The highest BCUT2D eigenvalue weighted by atomic mass is 32.1. The molecule has 0 unspecified atom stereocenters. The van der Waals surface area contributed by atoms with Gasteiger partial charge in [0.1, 0.15) is 17.6 Å². The van der Waals surface area contributed by atoms with Crippen LogP contribution in [0.25, 0.3) is 21.4 Å². The van der Waals surface area contributed by atoms with Crippen LogP contribution in [0.15, 0.2) is 30.9 Å². The molecule has 0 aliphatic carbocycles. The van der Waals surface area contributed by atoms with Crippen LogP contribution in [0.1, 0.15) is 6.92 Å². The molecular formula is C19H21N7OS. The van der Waals surface area contributed by atoms with Crippen molar-refractivity contribution in [3.63, 3.8) is 0 Å². The highest BCUT2D eigenvalue weighted by molar-refractivity contribution is 7.22. The summed E-state index contributed by atoms with van der Waals surface area (Å²) in [7, 11) is 1.69. The van der Waals surface area contributed by atoms with Gasteiger partial charge in [-0.1, -0.05) is 17.4 Å². The lowest BCUT2D eigenvalue weighted by molar-refractivity contribution is 0.419. The molecule has 0 amide bonds. The monoisotopic (exact) mass is 395 g/mol. The lowest BCUT2D eigenvalue weighted by atomic mass is 10.3. The minimum atomic E-state index is 0.827. The van der Waals surface area contributed by atoms with Gasteiger partial charge >= 0.3 is 0 Å². The summed E-state index contributed by atoms with van der Waals surface area (Å²) in [5.74, 6) is 1.75. The fourth-order valence-electron chi connectivity index (χ4n) is 3.65. The second kappa shape index (κ2) is 6.90. The number of ether oxygens (including phenoxy) is 1. The maximum Gasteiger partial charge on any atom is 0.186 e. The van der Waals surface area contributed by atoms with Gasteiger partial charge in [0.15, 0.2) is 22.1 Å². The van der Waals surface area contributed by atoms with Gasteiger partial charge in [0.25, 0.3) is 0 Å². The van der Waals surface area contributed by atoms with Gasteiger partial charge in [-0.05, 0) is 19.1 Å². The van der Waals surface area contributed by atoms with Gasteiger partial charge in [0.2, 0.25) is 0 Å². The van der Waals surface area contributed by atoms with Gasteiger partial charge in [-0.25, -0.2) is 19.9 Å². The zero-order valence-electron chi connectivity index (χ0n) is 15.9. The zero-order valence-corrected chi connectivity index (χ0v) is 16.7. The maximum absolute atomic E-state index is 5.45. The van der Waals surface area contributed by atoms with E-state index in [0.717, 1.165) is 70.8 Å². The number of hydrogen-bond acceptors (Lipinski definition) is 8. The first-order valence-corrected chi connectivity index (χ1v) is 10.2. The Morgan fingerprint density at radius 1 is 1.04 bits per heavy atom. The van der Waals surface area contributed by atoms with Crippen LogP contribution in [0.2, 0.25) is 0 Å². The van der Waals surface area contributed by atoms with Crippen LogP contribution in [-0.4, -0.2) is 57.8 Å². The fraction of sp³-hybridized carbons (Fsp3) is 0.368. The second-order valence-corrected chi connectivity index (χ2v) is 7.69. The summed E-state index contributed by atoms with van der Waals surface area (Å²) < 4.78 is 8.65. The lowest BCUT2D eigenvalue weighted by Crippen LogP contribution is -2.46. The Hall–Kier alpha value is -2.94. The standard InChI is InChI=1S/C19H21N7OS/c1-3-24-12-22-16-17(24)20-11-21-18(16)25-7-9-26(10-8-25)19-23-15-13(27-2)5-4-6-14(15)28-19/h4-6,11-12H,3,7-10H2,1-2H3. The van der Waals surface area contributed by atoms with Gasteiger partial charge in [0.05, 0.1) is 18.1 Å². The van der Waals surface area contributed by atoms with E-state index in [1.807, 2.05) is 23.0 Å². The van der Waals surface area contributed by atoms with Crippen molar-refractivity contribution >= 4 is 43.7 Å². The number of methoxy groups -OCH3 is 1. The van der Waals surface area contributed by atoms with E-state index in [-0.39, 0.29) is 0 Å². The molecule has 1 aromatic carbocycles. The smallest absolute Gasteiger partial charge is 0.186 e. The summed E-state index contributed by atoms with van der Waals surface area (Å²) in [6.07, 6.45) is 3.48. The zero-order chi connectivity index (χ0) is 19.1. The number of thiazole rings is 1. The second-order valence-electron chi connectivity index (χ2n) is 6.68. The first-order valence-electron chi connectivity index (χ1n) is 9.37. The van der Waals surface area contributed by atoms with Crippen LogP contribution in [-0.2, 0) is 6.54 Å². The van der Waals surface area contributed by atoms with Crippen molar-refractivity contribution in [2.45, 2.75) is 13.5 Å². The molecule has 0 atom stereocenters. The van der Waals surface area contributed by atoms with Gasteiger partial charge in [-0.3, -0.25) is 0 Å². The van der Waals surface area contributed by atoms with E-state index in [0.29, 0.717) is 0 Å². The third-order valence-corrected chi connectivity index (χ3v) is 6.24. The summed E-state index contributed by atoms with van der Waals surface area (Å²) >= 11 is 1.71. The minimum Gasteiger partial charge on any atom is -0.494 e. The number of piperazine rings is 1. The number of benzene rings is 1. The van der Waals surface area contributed by atoms with Crippen LogP contribution >= 0.6 is 11.3 Å². The van der Waals surface area contributed by atoms with E-state index < -0.39 is 0 Å². The summed E-state index contributed by atoms with van der Waals surface area (Å²) in [4.78, 5) is 22.9. The maximum atomic E-state index is 5.45. The molecule has 0 N–H and O–H groups in total. The highest BCUT2D eigenvalue weighted by Crippen LogP contribution is 2.34. The van der Waals surface area contributed by atoms with Gasteiger partial charge in [-0.2, -0.15) is 0 Å². The Morgan fingerprint density at radius 2 is 1.86 bits per heavy atom. The van der Waals surface area contributed by atoms with E-state index in [4.69, 9.17) is 9.72 Å². The lowest BCUT2D eigenvalue weighted by Gasteiger charge is -2.35. The Morgan fingerprint density at radius 3 is 2.64 bits per heavy atom. The Labute approximate surface area is 166 Å². The molecular weight excluding hydrogens is 374 g/mol. The van der Waals surface area contributed by atoms with Crippen molar-refractivity contribution in [3.8, 4) is 5.75 Å². The van der Waals surface area contributed by atoms with Crippen molar-refractivity contribution < 1.29 is 4.74 Å². The molecule has 5 rings (SSSR count). The molecule has 28 heavy (non-hydrogen) atoms. The normalized spacial score (nSPS) is 14.9. The highest BCUT2D eigenvalue weighted by Gasteiger charge is 2.23. The number of aryl methyl sites for hydroxylation is 1. The number of nitrogens with zero attached hydrogens (tertiary/aromatic N) is 7. The third kappa shape index (κ3) is 2.73. The number of fused-ring (bicyclic) bond motifs is 2. The molecule has 8 nitrogen and oxygen atoms in total. The molecule has 1 saturated heterocycles. The number of aromatic nitrogens is 5. The Kier molecular flexibility index (Phi) is 4.23. The van der Waals surface area contributed by atoms with Crippen LogP contribution in [0, 0.1) is 0 Å². The number of hydrogen-bond donors (Lipinski definition) is 0.